The Labute approximate surface area is 346 Å². The number of nitrogens with zero attached hydrogens (tertiary/aromatic N) is 2. The van der Waals surface area contributed by atoms with E-state index in [-0.39, 0.29) is 12.3 Å². The first-order valence-electron chi connectivity index (χ1n) is 20.1. The molecule has 6 heterocycles. The molecule has 2 nitrogen and oxygen atoms in total. The summed E-state index contributed by atoms with van der Waals surface area (Å²) in [4.78, 5) is 2.70. The van der Waals surface area contributed by atoms with Crippen molar-refractivity contribution in [2.24, 2.45) is 0 Å². The van der Waals surface area contributed by atoms with Gasteiger partial charge in [0, 0.05) is 93.9 Å². The van der Waals surface area contributed by atoms with Gasteiger partial charge in [0.1, 0.15) is 0 Å². The summed E-state index contributed by atoms with van der Waals surface area (Å²) < 4.78 is 10.7. The standard InChI is InChI=1S/C52H33BN2S3/c1-52(2,3)28-16-18-29(19-17-28)55-42-24-39-32-12-6-9-15-46(32)56-47(39)25-36(42)33-20-21-34-35-22-37-30-10-4-7-13-44(30)57-48(37)26-41(35)54-43-27-49-38(31-11-5-8-14-45(31)58-49)23-40(43)53(55)50(33)51(34)54/h4-27H,1-3H3. The Kier molecular flexibility index (Phi) is 6.07. The minimum Gasteiger partial charge on any atom is -0.376 e. The molecule has 0 spiro atoms. The van der Waals surface area contributed by atoms with Gasteiger partial charge in [0.15, 0.2) is 0 Å². The Hall–Kier alpha value is -5.92. The summed E-state index contributed by atoms with van der Waals surface area (Å²) >= 11 is 5.73. The van der Waals surface area contributed by atoms with E-state index in [4.69, 9.17) is 0 Å². The molecule has 0 N–H and O–H groups in total. The van der Waals surface area contributed by atoms with E-state index in [1.165, 1.54) is 127 Å². The van der Waals surface area contributed by atoms with Crippen molar-refractivity contribution in [3.63, 3.8) is 0 Å². The third-order valence-corrected chi connectivity index (χ3v) is 16.5. The van der Waals surface area contributed by atoms with Crippen molar-refractivity contribution in [2.75, 3.05) is 4.81 Å². The Balaban J connectivity index is 1.17. The highest BCUT2D eigenvalue weighted by Gasteiger charge is 2.44. The van der Waals surface area contributed by atoms with E-state index in [1.807, 2.05) is 34.0 Å². The molecule has 6 heteroatoms. The van der Waals surface area contributed by atoms with E-state index in [9.17, 15) is 0 Å². The summed E-state index contributed by atoms with van der Waals surface area (Å²) in [6.07, 6.45) is 0. The maximum absolute atomic E-state index is 2.70. The number of hydrogen-bond acceptors (Lipinski definition) is 4. The molecule has 0 amide bonds. The van der Waals surface area contributed by atoms with Crippen LogP contribution in [0.1, 0.15) is 26.3 Å². The zero-order valence-electron chi connectivity index (χ0n) is 32.1. The minimum atomic E-state index is -0.0362. The lowest BCUT2D eigenvalue weighted by Gasteiger charge is -2.42. The molecular formula is C52H33BN2S3. The van der Waals surface area contributed by atoms with Gasteiger partial charge < -0.3 is 9.38 Å². The van der Waals surface area contributed by atoms with E-state index in [1.54, 1.807) is 0 Å². The second-order valence-electron chi connectivity index (χ2n) is 17.3. The molecule has 0 bridgehead atoms. The van der Waals surface area contributed by atoms with Gasteiger partial charge in [0.2, 0.25) is 0 Å². The molecule has 2 aliphatic rings. The number of aromatic nitrogens is 1. The molecule has 0 saturated carbocycles. The first-order chi connectivity index (χ1) is 28.4. The van der Waals surface area contributed by atoms with Gasteiger partial charge in [0.05, 0.1) is 11.0 Å². The molecule has 2 aliphatic heterocycles. The third-order valence-electron chi connectivity index (χ3n) is 13.1. The van der Waals surface area contributed by atoms with Gasteiger partial charge >= 0.3 is 6.85 Å². The average Bonchev–Trinajstić information content (AvgIpc) is 3.99. The molecule has 272 valence electrons. The zero-order valence-corrected chi connectivity index (χ0v) is 34.5. The molecule has 0 fully saturated rings. The van der Waals surface area contributed by atoms with Crippen molar-refractivity contribution in [3.05, 3.63) is 151 Å². The van der Waals surface area contributed by atoms with E-state index >= 15 is 0 Å². The number of anilines is 2. The summed E-state index contributed by atoms with van der Waals surface area (Å²) in [5.74, 6) is 0. The Morgan fingerprint density at radius 1 is 0.448 bits per heavy atom. The SMILES string of the molecule is CC(C)(C)c1ccc(N2B3c4cc5c(cc4-n4c6cc7sc8ccccc8c7cc6c6ccc(c3c64)-c3cc4sc6ccccc6c4cc32)sc2ccccc25)cc1. The topological polar surface area (TPSA) is 8.17 Å². The van der Waals surface area contributed by atoms with Crippen molar-refractivity contribution in [1.29, 1.82) is 0 Å². The fourth-order valence-electron chi connectivity index (χ4n) is 10.4. The zero-order chi connectivity index (χ0) is 38.2. The molecule has 8 aromatic carbocycles. The van der Waals surface area contributed by atoms with Crippen LogP contribution in [-0.2, 0) is 5.41 Å². The number of fused-ring (bicyclic) bond motifs is 17. The number of thiophene rings is 3. The Bertz CT molecular complexity index is 3800. The maximum Gasteiger partial charge on any atom is 0.333 e. The van der Waals surface area contributed by atoms with E-state index < -0.39 is 0 Å². The molecule has 0 unspecified atom stereocenters. The van der Waals surface area contributed by atoms with E-state index in [2.05, 4.69) is 176 Å². The Morgan fingerprint density at radius 2 is 1.03 bits per heavy atom. The molecule has 4 aromatic heterocycles. The van der Waals surface area contributed by atoms with Gasteiger partial charge in [-0.2, -0.15) is 0 Å². The van der Waals surface area contributed by atoms with Crippen LogP contribution in [0.5, 0.6) is 0 Å². The Morgan fingerprint density at radius 3 is 1.69 bits per heavy atom. The van der Waals surface area contributed by atoms with Crippen molar-refractivity contribution < 1.29 is 0 Å². The first-order valence-corrected chi connectivity index (χ1v) is 22.6. The van der Waals surface area contributed by atoms with E-state index in [0.717, 1.165) is 0 Å². The van der Waals surface area contributed by atoms with Crippen molar-refractivity contribution in [1.82, 2.24) is 4.57 Å². The lowest BCUT2D eigenvalue weighted by molar-refractivity contribution is 0.590. The van der Waals surface area contributed by atoms with Crippen LogP contribution in [0.25, 0.3) is 99.1 Å². The first kappa shape index (κ1) is 32.1. The number of rotatable bonds is 1. The fourth-order valence-corrected chi connectivity index (χ4v) is 13.8. The largest absolute Gasteiger partial charge is 0.376 e. The van der Waals surface area contributed by atoms with Crippen LogP contribution in [0.4, 0.5) is 11.4 Å². The predicted molar refractivity (Wildman–Crippen MR) is 257 cm³/mol. The number of benzene rings is 8. The van der Waals surface area contributed by atoms with Crippen LogP contribution < -0.4 is 15.7 Å². The van der Waals surface area contributed by atoms with Gasteiger partial charge in [-0.1, -0.05) is 106 Å². The van der Waals surface area contributed by atoms with Gasteiger partial charge in [0.25, 0.3) is 0 Å². The maximum atomic E-state index is 2.70. The summed E-state index contributed by atoms with van der Waals surface area (Å²) in [6.45, 7) is 6.89. The van der Waals surface area contributed by atoms with Crippen LogP contribution >= 0.6 is 34.0 Å². The quantitative estimate of drug-likeness (QED) is 0.150. The summed E-state index contributed by atoms with van der Waals surface area (Å²) in [5, 5.41) is 10.7. The highest BCUT2D eigenvalue weighted by molar-refractivity contribution is 7.26. The van der Waals surface area contributed by atoms with Gasteiger partial charge in [-0.05, 0) is 88.1 Å². The normalized spacial score (nSPS) is 13.7. The minimum absolute atomic E-state index is 0.0362. The molecule has 14 rings (SSSR count). The molecular weight excluding hydrogens is 760 g/mol. The van der Waals surface area contributed by atoms with Gasteiger partial charge in [-0.15, -0.1) is 34.0 Å². The fraction of sp³-hybridized carbons (Fsp3) is 0.0769. The lowest BCUT2D eigenvalue weighted by atomic mass is 9.44. The van der Waals surface area contributed by atoms with Crippen LogP contribution in [0.2, 0.25) is 0 Å². The van der Waals surface area contributed by atoms with Crippen molar-refractivity contribution in [3.8, 4) is 16.8 Å². The van der Waals surface area contributed by atoms with Crippen LogP contribution in [0.3, 0.4) is 0 Å². The van der Waals surface area contributed by atoms with Crippen LogP contribution in [0.15, 0.2) is 146 Å². The third kappa shape index (κ3) is 4.07. The van der Waals surface area contributed by atoms with Crippen molar-refractivity contribution in [2.45, 2.75) is 26.2 Å². The molecule has 58 heavy (non-hydrogen) atoms. The van der Waals surface area contributed by atoms with Crippen LogP contribution in [0, 0.1) is 0 Å². The molecule has 0 atom stereocenters. The van der Waals surface area contributed by atoms with Crippen LogP contribution in [-0.4, -0.2) is 11.4 Å². The summed E-state index contributed by atoms with van der Waals surface area (Å²) in [7, 11) is 0. The summed E-state index contributed by atoms with van der Waals surface area (Å²) in [5.41, 5.74) is 13.2. The summed E-state index contributed by atoms with van der Waals surface area (Å²) in [6, 6.07) is 56.2. The second kappa shape index (κ2) is 11.0. The van der Waals surface area contributed by atoms with Gasteiger partial charge in [-0.25, -0.2) is 0 Å². The molecule has 0 saturated heterocycles. The smallest absolute Gasteiger partial charge is 0.333 e. The highest BCUT2D eigenvalue weighted by atomic mass is 32.1. The molecule has 0 radical (unpaired) electrons. The highest BCUT2D eigenvalue weighted by Crippen LogP contribution is 2.50. The van der Waals surface area contributed by atoms with E-state index in [0.29, 0.717) is 0 Å². The average molecular weight is 793 g/mol. The molecule has 12 aromatic rings. The second-order valence-corrected chi connectivity index (χ2v) is 20.5. The monoisotopic (exact) mass is 792 g/mol. The number of hydrogen-bond donors (Lipinski definition) is 0. The van der Waals surface area contributed by atoms with Gasteiger partial charge in [-0.3, -0.25) is 0 Å². The lowest BCUT2D eigenvalue weighted by Crippen LogP contribution is -2.60. The predicted octanol–water partition coefficient (Wildman–Crippen LogP) is 14.4. The molecule has 0 aliphatic carbocycles. The van der Waals surface area contributed by atoms with Crippen molar-refractivity contribution >= 4 is 145 Å².